The Balaban J connectivity index is 2.11. The Labute approximate surface area is 148 Å². The van der Waals surface area contributed by atoms with Crippen LogP contribution in [0.4, 0.5) is 5.69 Å². The molecule has 1 unspecified atom stereocenters. The van der Waals surface area contributed by atoms with Crippen molar-refractivity contribution in [3.8, 4) is 5.75 Å². The molecule has 0 heterocycles. The summed E-state index contributed by atoms with van der Waals surface area (Å²) in [6.07, 6.45) is -0.0643. The number of nitrogens with zero attached hydrogens (tertiary/aromatic N) is 1. The molecule has 2 amide bonds. The summed E-state index contributed by atoms with van der Waals surface area (Å²) >= 11 is 0. The summed E-state index contributed by atoms with van der Waals surface area (Å²) < 4.78 is 5.86. The molecule has 0 bridgehead atoms. The van der Waals surface area contributed by atoms with Crippen molar-refractivity contribution in [2.24, 2.45) is 0 Å². The van der Waals surface area contributed by atoms with Crippen LogP contribution in [0.2, 0.25) is 0 Å². The van der Waals surface area contributed by atoms with Crippen molar-refractivity contribution >= 4 is 17.5 Å². The number of carbonyl (C=O) groups is 2. The van der Waals surface area contributed by atoms with Gasteiger partial charge >= 0.3 is 0 Å². The van der Waals surface area contributed by atoms with Crippen molar-refractivity contribution in [3.05, 3.63) is 59.7 Å². The fourth-order valence-corrected chi connectivity index (χ4v) is 2.38. The predicted octanol–water partition coefficient (Wildman–Crippen LogP) is 3.49. The minimum Gasteiger partial charge on any atom is -0.480 e. The van der Waals surface area contributed by atoms with Crippen LogP contribution < -0.4 is 10.1 Å². The van der Waals surface area contributed by atoms with E-state index in [-0.39, 0.29) is 11.8 Å². The molecule has 0 saturated heterocycles. The number of para-hydroxylation sites is 1. The zero-order chi connectivity index (χ0) is 18.4. The summed E-state index contributed by atoms with van der Waals surface area (Å²) in [5, 5.41) is 2.83. The molecule has 132 valence electrons. The van der Waals surface area contributed by atoms with Crippen LogP contribution in [0.15, 0.2) is 48.5 Å². The van der Waals surface area contributed by atoms with E-state index in [2.05, 4.69) is 5.32 Å². The fourth-order valence-electron chi connectivity index (χ4n) is 2.38. The molecular weight excluding hydrogens is 316 g/mol. The van der Waals surface area contributed by atoms with Gasteiger partial charge in [0.15, 0.2) is 6.10 Å². The third kappa shape index (κ3) is 4.83. The Kier molecular flexibility index (Phi) is 6.17. The number of rotatable bonds is 6. The molecule has 0 aliphatic rings. The molecule has 2 rings (SSSR count). The molecule has 5 heteroatoms. The van der Waals surface area contributed by atoms with Crippen LogP contribution in [-0.2, 0) is 4.79 Å². The standard InChI is InChI=1S/C20H24N2O3/c1-5-17(25-18-12-7-6-9-14(18)2)19(23)21-16-11-8-10-15(13-16)20(24)22(3)4/h6-13,17H,5H2,1-4H3,(H,21,23). The van der Waals surface area contributed by atoms with E-state index in [1.54, 1.807) is 38.4 Å². The number of hydrogen-bond acceptors (Lipinski definition) is 3. The molecule has 0 saturated carbocycles. The SMILES string of the molecule is CCC(Oc1ccccc1C)C(=O)Nc1cccc(C(=O)N(C)C)c1. The Bertz CT molecular complexity index is 756. The molecule has 0 fully saturated rings. The topological polar surface area (TPSA) is 58.6 Å². The maximum atomic E-state index is 12.5. The number of ether oxygens (including phenoxy) is 1. The second-order valence-electron chi connectivity index (χ2n) is 6.05. The van der Waals surface area contributed by atoms with Gasteiger partial charge in [-0.2, -0.15) is 0 Å². The highest BCUT2D eigenvalue weighted by molar-refractivity contribution is 5.98. The number of benzene rings is 2. The lowest BCUT2D eigenvalue weighted by molar-refractivity contribution is -0.122. The average molecular weight is 340 g/mol. The van der Waals surface area contributed by atoms with Crippen LogP contribution in [0.3, 0.4) is 0 Å². The van der Waals surface area contributed by atoms with Crippen LogP contribution in [0.5, 0.6) is 5.75 Å². The van der Waals surface area contributed by atoms with E-state index < -0.39 is 6.10 Å². The van der Waals surface area contributed by atoms with Gasteiger partial charge < -0.3 is 15.0 Å². The van der Waals surface area contributed by atoms with Gasteiger partial charge in [0.1, 0.15) is 5.75 Å². The Morgan fingerprint density at radius 1 is 1.12 bits per heavy atom. The van der Waals surface area contributed by atoms with Gasteiger partial charge in [-0.1, -0.05) is 31.2 Å². The zero-order valence-corrected chi connectivity index (χ0v) is 15.1. The minimum atomic E-state index is -0.602. The minimum absolute atomic E-state index is 0.112. The second-order valence-corrected chi connectivity index (χ2v) is 6.05. The van der Waals surface area contributed by atoms with Gasteiger partial charge in [0.2, 0.25) is 0 Å². The van der Waals surface area contributed by atoms with Gasteiger partial charge in [0.25, 0.3) is 11.8 Å². The van der Waals surface area contributed by atoms with E-state index >= 15 is 0 Å². The highest BCUT2D eigenvalue weighted by Crippen LogP contribution is 2.20. The maximum Gasteiger partial charge on any atom is 0.265 e. The summed E-state index contributed by atoms with van der Waals surface area (Å²) in [7, 11) is 3.38. The number of aryl methyl sites for hydroxylation is 1. The van der Waals surface area contributed by atoms with Crippen molar-refractivity contribution < 1.29 is 14.3 Å². The van der Waals surface area contributed by atoms with Crippen LogP contribution in [-0.4, -0.2) is 36.9 Å². The summed E-state index contributed by atoms with van der Waals surface area (Å²) in [4.78, 5) is 26.1. The molecule has 0 spiro atoms. The van der Waals surface area contributed by atoms with Gasteiger partial charge in [-0.25, -0.2) is 0 Å². The summed E-state index contributed by atoms with van der Waals surface area (Å²) in [6.45, 7) is 3.84. The Hall–Kier alpha value is -2.82. The van der Waals surface area contributed by atoms with Crippen molar-refractivity contribution in [2.75, 3.05) is 19.4 Å². The molecule has 0 aromatic heterocycles. The van der Waals surface area contributed by atoms with E-state index in [1.807, 2.05) is 38.1 Å². The first-order valence-electron chi connectivity index (χ1n) is 8.27. The van der Waals surface area contributed by atoms with E-state index in [0.717, 1.165) is 5.56 Å². The number of carbonyl (C=O) groups excluding carboxylic acids is 2. The molecule has 0 aliphatic carbocycles. The van der Waals surface area contributed by atoms with Gasteiger partial charge in [0, 0.05) is 25.3 Å². The highest BCUT2D eigenvalue weighted by atomic mass is 16.5. The number of nitrogens with one attached hydrogen (secondary N) is 1. The van der Waals surface area contributed by atoms with Crippen LogP contribution >= 0.6 is 0 Å². The monoisotopic (exact) mass is 340 g/mol. The molecule has 25 heavy (non-hydrogen) atoms. The first-order valence-corrected chi connectivity index (χ1v) is 8.27. The lowest BCUT2D eigenvalue weighted by atomic mass is 10.1. The number of hydrogen-bond donors (Lipinski definition) is 1. The molecule has 1 atom stereocenters. The number of anilines is 1. The van der Waals surface area contributed by atoms with E-state index in [4.69, 9.17) is 4.74 Å². The first-order chi connectivity index (χ1) is 11.9. The highest BCUT2D eigenvalue weighted by Gasteiger charge is 2.19. The Morgan fingerprint density at radius 3 is 2.48 bits per heavy atom. The van der Waals surface area contributed by atoms with Crippen molar-refractivity contribution in [3.63, 3.8) is 0 Å². The third-order valence-corrected chi connectivity index (χ3v) is 3.81. The van der Waals surface area contributed by atoms with Gasteiger partial charge in [-0.05, 0) is 43.2 Å². The molecule has 0 aliphatic heterocycles. The Morgan fingerprint density at radius 2 is 1.84 bits per heavy atom. The van der Waals surface area contributed by atoms with Crippen LogP contribution in [0, 0.1) is 6.92 Å². The predicted molar refractivity (Wildman–Crippen MR) is 99.0 cm³/mol. The summed E-state index contributed by atoms with van der Waals surface area (Å²) in [6, 6.07) is 14.5. The zero-order valence-electron chi connectivity index (χ0n) is 15.1. The molecule has 5 nitrogen and oxygen atoms in total. The van der Waals surface area contributed by atoms with Gasteiger partial charge in [-0.15, -0.1) is 0 Å². The van der Waals surface area contributed by atoms with Crippen molar-refractivity contribution in [1.29, 1.82) is 0 Å². The van der Waals surface area contributed by atoms with Crippen molar-refractivity contribution in [2.45, 2.75) is 26.4 Å². The van der Waals surface area contributed by atoms with Crippen molar-refractivity contribution in [1.82, 2.24) is 4.90 Å². The van der Waals surface area contributed by atoms with Crippen LogP contribution in [0.1, 0.15) is 29.3 Å². The summed E-state index contributed by atoms with van der Waals surface area (Å²) in [5.74, 6) is 0.348. The largest absolute Gasteiger partial charge is 0.480 e. The smallest absolute Gasteiger partial charge is 0.265 e. The molecule has 2 aromatic carbocycles. The summed E-state index contributed by atoms with van der Waals surface area (Å²) in [5.41, 5.74) is 2.08. The maximum absolute atomic E-state index is 12.5. The average Bonchev–Trinajstić information content (AvgIpc) is 2.60. The quantitative estimate of drug-likeness (QED) is 0.876. The second kappa shape index (κ2) is 8.33. The number of amides is 2. The van der Waals surface area contributed by atoms with Gasteiger partial charge in [-0.3, -0.25) is 9.59 Å². The van der Waals surface area contributed by atoms with E-state index in [9.17, 15) is 9.59 Å². The van der Waals surface area contributed by atoms with Crippen LogP contribution in [0.25, 0.3) is 0 Å². The van der Waals surface area contributed by atoms with E-state index in [1.165, 1.54) is 4.90 Å². The molecule has 0 radical (unpaired) electrons. The third-order valence-electron chi connectivity index (χ3n) is 3.81. The van der Waals surface area contributed by atoms with E-state index in [0.29, 0.717) is 23.4 Å². The molecule has 2 aromatic rings. The molecule has 1 N–H and O–H groups in total. The lowest BCUT2D eigenvalue weighted by Crippen LogP contribution is -2.32. The normalized spacial score (nSPS) is 11.5. The fraction of sp³-hybridized carbons (Fsp3) is 0.300. The van der Waals surface area contributed by atoms with Gasteiger partial charge in [0.05, 0.1) is 0 Å². The first kappa shape index (κ1) is 18.5. The molecular formula is C20H24N2O3. The lowest BCUT2D eigenvalue weighted by Gasteiger charge is -2.19.